The van der Waals surface area contributed by atoms with Crippen molar-refractivity contribution in [3.63, 3.8) is 0 Å². The van der Waals surface area contributed by atoms with E-state index in [1.54, 1.807) is 28.1 Å². The highest BCUT2D eigenvalue weighted by Gasteiger charge is 2.25. The summed E-state index contributed by atoms with van der Waals surface area (Å²) in [5.74, 6) is 3.57. The maximum absolute atomic E-state index is 12.7. The van der Waals surface area contributed by atoms with Gasteiger partial charge in [0, 0.05) is 22.9 Å². The van der Waals surface area contributed by atoms with Gasteiger partial charge < -0.3 is 47.4 Å². The van der Waals surface area contributed by atoms with Crippen LogP contribution in [0.15, 0.2) is 164 Å². The number of hydrogen-bond donors (Lipinski definition) is 1. The summed E-state index contributed by atoms with van der Waals surface area (Å²) in [6, 6.07) is 52.8. The van der Waals surface area contributed by atoms with Crippen molar-refractivity contribution in [3.05, 3.63) is 180 Å². The molecular weight excluding hydrogens is 933 g/mol. The quantitative estimate of drug-likeness (QED) is 0.0916. The number of fused-ring (bicyclic) bond motifs is 3. The van der Waals surface area contributed by atoms with Crippen LogP contribution in [-0.4, -0.2) is 58.0 Å². The van der Waals surface area contributed by atoms with Crippen molar-refractivity contribution >= 4 is 56.9 Å². The lowest BCUT2D eigenvalue weighted by atomic mass is 10.0. The molecule has 0 aliphatic carbocycles. The van der Waals surface area contributed by atoms with Gasteiger partial charge in [0.15, 0.2) is 0 Å². The number of carbonyl (C=O) groups excluding carboxylic acids is 2. The van der Waals surface area contributed by atoms with Crippen LogP contribution in [-0.2, 0) is 29.2 Å². The number of benzene rings is 7. The predicted octanol–water partition coefficient (Wildman–Crippen LogP) is 13.4. The van der Waals surface area contributed by atoms with Gasteiger partial charge in [-0.3, -0.25) is 0 Å². The van der Waals surface area contributed by atoms with Crippen LogP contribution in [0.3, 0.4) is 0 Å². The summed E-state index contributed by atoms with van der Waals surface area (Å²) < 4.78 is 55.0. The SMILES string of the molecule is CCOC(=O)Oc1[nH]c2cc(OCc3ccccc3)ccc2c1-c1ccc(OC)cc1.CCOC(=O)Oc1c(-c2ccc(OC)cc2)c2ccc(OCc3ccccc3)cc2n1Cc1ccc2nsnc2c1. The lowest BCUT2D eigenvalue weighted by molar-refractivity contribution is 0.101. The van der Waals surface area contributed by atoms with E-state index in [0.717, 1.165) is 83.3 Å². The number of ether oxygens (including phenoxy) is 8. The van der Waals surface area contributed by atoms with Crippen molar-refractivity contribution in [1.82, 2.24) is 18.3 Å². The van der Waals surface area contributed by atoms with Crippen LogP contribution < -0.4 is 28.4 Å². The molecular formula is C57H50N4O10S. The lowest BCUT2D eigenvalue weighted by Crippen LogP contribution is -2.14. The summed E-state index contributed by atoms with van der Waals surface area (Å²) in [7, 11) is 3.24. The molecule has 72 heavy (non-hydrogen) atoms. The minimum absolute atomic E-state index is 0.196. The van der Waals surface area contributed by atoms with Crippen molar-refractivity contribution in [2.45, 2.75) is 33.6 Å². The van der Waals surface area contributed by atoms with Crippen LogP contribution in [0.25, 0.3) is 55.1 Å². The molecule has 0 saturated carbocycles. The first-order valence-electron chi connectivity index (χ1n) is 23.1. The number of H-pyrrole nitrogens is 1. The Kier molecular flexibility index (Phi) is 15.2. The summed E-state index contributed by atoms with van der Waals surface area (Å²) in [6.45, 7) is 5.21. The van der Waals surface area contributed by atoms with Gasteiger partial charge in [0.2, 0.25) is 11.8 Å². The van der Waals surface area contributed by atoms with E-state index in [1.165, 1.54) is 11.7 Å². The van der Waals surface area contributed by atoms with E-state index < -0.39 is 12.3 Å². The zero-order valence-corrected chi connectivity index (χ0v) is 40.8. The molecule has 0 fully saturated rings. The van der Waals surface area contributed by atoms with Gasteiger partial charge in [-0.2, -0.15) is 8.75 Å². The molecule has 10 aromatic rings. The van der Waals surface area contributed by atoms with Gasteiger partial charge in [-0.05, 0) is 102 Å². The van der Waals surface area contributed by atoms with Gasteiger partial charge in [-0.1, -0.05) is 91.0 Å². The van der Waals surface area contributed by atoms with Gasteiger partial charge in [0.05, 0.1) is 67.9 Å². The van der Waals surface area contributed by atoms with Crippen LogP contribution >= 0.6 is 11.7 Å². The van der Waals surface area contributed by atoms with Crippen molar-refractivity contribution in [2.24, 2.45) is 0 Å². The first-order chi connectivity index (χ1) is 35.3. The zero-order chi connectivity index (χ0) is 49.8. The number of methoxy groups -OCH3 is 2. The van der Waals surface area contributed by atoms with Gasteiger partial charge in [0.25, 0.3) is 0 Å². The second kappa shape index (κ2) is 22.7. The normalized spacial score (nSPS) is 10.9. The first kappa shape index (κ1) is 48.2. The summed E-state index contributed by atoms with van der Waals surface area (Å²) in [5.41, 5.74) is 9.70. The number of aromatic nitrogens is 4. The molecule has 0 amide bonds. The number of nitrogens with one attached hydrogen (secondary N) is 1. The molecule has 364 valence electrons. The Balaban J connectivity index is 0.000000185. The number of aromatic amines is 1. The second-order valence-electron chi connectivity index (χ2n) is 16.1. The summed E-state index contributed by atoms with van der Waals surface area (Å²) in [6.07, 6.45) is -1.53. The minimum atomic E-state index is -0.772. The topological polar surface area (TPSA) is 154 Å². The van der Waals surface area contributed by atoms with E-state index in [4.69, 9.17) is 37.9 Å². The van der Waals surface area contributed by atoms with Crippen molar-refractivity contribution in [1.29, 1.82) is 0 Å². The maximum Gasteiger partial charge on any atom is 0.515 e. The fraction of sp³-hybridized carbons (Fsp3) is 0.158. The average Bonchev–Trinajstić information content (AvgIpc) is 4.11. The Hall–Kier alpha value is -8.82. The molecule has 0 atom stereocenters. The Bertz CT molecular complexity index is 3430. The third kappa shape index (κ3) is 11.3. The van der Waals surface area contributed by atoms with Crippen LogP contribution in [0.2, 0.25) is 0 Å². The van der Waals surface area contributed by atoms with Crippen LogP contribution in [0.4, 0.5) is 9.59 Å². The van der Waals surface area contributed by atoms with Crippen LogP contribution in [0, 0.1) is 0 Å². The minimum Gasteiger partial charge on any atom is -0.497 e. The van der Waals surface area contributed by atoms with Gasteiger partial charge in [-0.15, -0.1) is 0 Å². The van der Waals surface area contributed by atoms with E-state index in [-0.39, 0.29) is 13.2 Å². The average molecular weight is 983 g/mol. The van der Waals surface area contributed by atoms with E-state index >= 15 is 0 Å². The standard InChI is InChI=1S/C32H27N3O5S.C25H23NO5/c1-3-38-32(36)40-31-30(23-10-12-24(37-2)13-11-23)26-15-14-25(39-20-21-7-5-4-6-8-21)18-29(26)35(31)19-22-9-16-27-28(17-22)34-41-33-27;1-3-29-25(27)31-24-23(18-9-11-19(28-2)12-10-18)21-14-13-20(15-22(21)26-24)30-16-17-7-5-4-6-8-17/h4-18H,3,19-20H2,1-2H3;4-15,26H,3,16H2,1-2H3. The van der Waals surface area contributed by atoms with E-state index in [9.17, 15) is 9.59 Å². The summed E-state index contributed by atoms with van der Waals surface area (Å²) >= 11 is 1.18. The van der Waals surface area contributed by atoms with Gasteiger partial charge in [0.1, 0.15) is 47.2 Å². The van der Waals surface area contributed by atoms with Crippen molar-refractivity contribution in [3.8, 4) is 57.0 Å². The molecule has 0 saturated heterocycles. The molecule has 0 unspecified atom stereocenters. The molecule has 0 bridgehead atoms. The fourth-order valence-corrected chi connectivity index (χ4v) is 8.62. The monoisotopic (exact) mass is 982 g/mol. The molecule has 3 aromatic heterocycles. The third-order valence-electron chi connectivity index (χ3n) is 11.5. The Morgan fingerprint density at radius 1 is 0.542 bits per heavy atom. The van der Waals surface area contributed by atoms with Crippen molar-refractivity contribution < 1.29 is 47.5 Å². The molecule has 0 aliphatic rings. The number of hydrogen-bond acceptors (Lipinski definition) is 13. The van der Waals surface area contributed by atoms with E-state index in [0.29, 0.717) is 43.0 Å². The number of rotatable bonds is 16. The van der Waals surface area contributed by atoms with Gasteiger partial charge in [-0.25, -0.2) is 9.59 Å². The zero-order valence-electron chi connectivity index (χ0n) is 40.0. The molecule has 15 heteroatoms. The molecule has 1 N–H and O–H groups in total. The molecule has 0 aliphatic heterocycles. The molecule has 0 spiro atoms. The lowest BCUT2D eigenvalue weighted by Gasteiger charge is -2.13. The van der Waals surface area contributed by atoms with Crippen molar-refractivity contribution in [2.75, 3.05) is 27.4 Å². The predicted molar refractivity (Wildman–Crippen MR) is 278 cm³/mol. The fourth-order valence-electron chi connectivity index (χ4n) is 8.11. The largest absolute Gasteiger partial charge is 0.515 e. The van der Waals surface area contributed by atoms with E-state index in [1.807, 2.05) is 168 Å². The number of carbonyl (C=O) groups is 2. The maximum atomic E-state index is 12.7. The molecule has 0 radical (unpaired) electrons. The van der Waals surface area contributed by atoms with Crippen LogP contribution in [0.5, 0.6) is 34.8 Å². The molecule has 14 nitrogen and oxygen atoms in total. The Morgan fingerprint density at radius 2 is 1.08 bits per heavy atom. The Morgan fingerprint density at radius 3 is 1.68 bits per heavy atom. The summed E-state index contributed by atoms with van der Waals surface area (Å²) in [5, 5.41) is 1.80. The van der Waals surface area contributed by atoms with Gasteiger partial charge >= 0.3 is 12.3 Å². The molecule has 10 rings (SSSR count). The molecule has 7 aromatic carbocycles. The smallest absolute Gasteiger partial charge is 0.497 e. The first-order valence-corrected chi connectivity index (χ1v) is 23.9. The Labute approximate surface area is 419 Å². The second-order valence-corrected chi connectivity index (χ2v) is 16.7. The summed E-state index contributed by atoms with van der Waals surface area (Å²) in [4.78, 5) is 27.9. The highest BCUT2D eigenvalue weighted by Crippen LogP contribution is 2.43. The van der Waals surface area contributed by atoms with Crippen LogP contribution in [0.1, 0.15) is 30.5 Å². The molecule has 3 heterocycles. The number of nitrogens with zero attached hydrogens (tertiary/aromatic N) is 3. The third-order valence-corrected chi connectivity index (χ3v) is 12.1. The highest BCUT2D eigenvalue weighted by atomic mass is 32.1. The van der Waals surface area contributed by atoms with E-state index in [2.05, 4.69) is 13.7 Å². The highest BCUT2D eigenvalue weighted by molar-refractivity contribution is 7.00.